The van der Waals surface area contributed by atoms with Crippen LogP contribution in [0.25, 0.3) is 0 Å². The molecule has 0 unspecified atom stereocenters. The van der Waals surface area contributed by atoms with Gasteiger partial charge in [-0.1, -0.05) is 0 Å². The quantitative estimate of drug-likeness (QED) is 0.824. The second-order valence-corrected chi connectivity index (χ2v) is 7.91. The molecule has 3 fully saturated rings. The second kappa shape index (κ2) is 7.32. The van der Waals surface area contributed by atoms with Crippen molar-refractivity contribution in [2.75, 3.05) is 32.9 Å². The summed E-state index contributed by atoms with van der Waals surface area (Å²) in [4.78, 5) is 18.6. The molecule has 1 amide bonds. The molecule has 3 heterocycles. The van der Waals surface area contributed by atoms with Gasteiger partial charge in [0.05, 0.1) is 19.4 Å². The van der Waals surface area contributed by atoms with E-state index in [1.807, 2.05) is 12.1 Å². The zero-order chi connectivity index (χ0) is 17.1. The Kier molecular flexibility index (Phi) is 4.93. The Morgan fingerprint density at radius 1 is 1.32 bits per heavy atom. The number of aromatic nitrogens is 1. The topological polar surface area (TPSA) is 51.7 Å². The fourth-order valence-electron chi connectivity index (χ4n) is 4.29. The number of hydrogen-bond donors (Lipinski definition) is 0. The highest BCUT2D eigenvalue weighted by Gasteiger charge is 2.44. The van der Waals surface area contributed by atoms with E-state index >= 15 is 0 Å². The molecule has 1 aromatic rings. The van der Waals surface area contributed by atoms with Gasteiger partial charge in [-0.2, -0.15) is 0 Å². The summed E-state index contributed by atoms with van der Waals surface area (Å²) in [6.07, 6.45) is 10.0. The van der Waals surface area contributed by atoms with Gasteiger partial charge in [0.25, 0.3) is 0 Å². The maximum Gasteiger partial charge on any atom is 0.222 e. The molecule has 3 aliphatic rings. The predicted octanol–water partition coefficient (Wildman–Crippen LogP) is 2.91. The van der Waals surface area contributed by atoms with Crippen molar-refractivity contribution in [2.45, 2.75) is 38.5 Å². The molecule has 136 valence electrons. The van der Waals surface area contributed by atoms with E-state index in [0.29, 0.717) is 24.3 Å². The molecular weight excluding hydrogens is 316 g/mol. The standard InChI is InChI=1S/C20H28N2O3/c23-19(12-16-3-4-16)22-9-5-20(6-10-22)7-11-24-14-17(20)15-25-18-2-1-8-21-13-18/h1-2,8,13,16-17H,3-7,9-12,14-15H2/t17-/m1/s1. The number of carbonyl (C=O) groups excluding carboxylic acids is 1. The molecule has 0 bridgehead atoms. The average molecular weight is 344 g/mol. The first kappa shape index (κ1) is 16.8. The van der Waals surface area contributed by atoms with Crippen molar-refractivity contribution in [1.82, 2.24) is 9.88 Å². The lowest BCUT2D eigenvalue weighted by Gasteiger charge is -2.48. The van der Waals surface area contributed by atoms with Crippen LogP contribution in [0.4, 0.5) is 0 Å². The number of carbonyl (C=O) groups is 1. The van der Waals surface area contributed by atoms with Crippen molar-refractivity contribution in [1.29, 1.82) is 0 Å². The molecule has 1 aromatic heterocycles. The molecule has 0 aromatic carbocycles. The number of pyridine rings is 1. The van der Waals surface area contributed by atoms with Gasteiger partial charge in [0.1, 0.15) is 5.75 Å². The molecule has 1 spiro atoms. The molecule has 25 heavy (non-hydrogen) atoms. The lowest BCUT2D eigenvalue weighted by atomic mass is 9.66. The van der Waals surface area contributed by atoms with Crippen LogP contribution in [-0.4, -0.2) is 48.7 Å². The van der Waals surface area contributed by atoms with E-state index in [-0.39, 0.29) is 5.41 Å². The van der Waals surface area contributed by atoms with E-state index in [0.717, 1.165) is 57.7 Å². The van der Waals surface area contributed by atoms with Gasteiger partial charge in [0.2, 0.25) is 5.91 Å². The lowest BCUT2D eigenvalue weighted by molar-refractivity contribution is -0.138. The highest BCUT2D eigenvalue weighted by Crippen LogP contribution is 2.45. The van der Waals surface area contributed by atoms with E-state index in [1.165, 1.54) is 12.8 Å². The summed E-state index contributed by atoms with van der Waals surface area (Å²) in [5.74, 6) is 2.25. The Morgan fingerprint density at radius 2 is 2.16 bits per heavy atom. The van der Waals surface area contributed by atoms with Crippen LogP contribution in [0.15, 0.2) is 24.5 Å². The Morgan fingerprint density at radius 3 is 2.88 bits per heavy atom. The summed E-state index contributed by atoms with van der Waals surface area (Å²) in [6, 6.07) is 3.84. The number of nitrogens with zero attached hydrogens (tertiary/aromatic N) is 2. The zero-order valence-corrected chi connectivity index (χ0v) is 14.9. The number of ether oxygens (including phenoxy) is 2. The molecule has 0 N–H and O–H groups in total. The summed E-state index contributed by atoms with van der Waals surface area (Å²) in [6.45, 7) is 4.06. The van der Waals surface area contributed by atoms with Gasteiger partial charge in [-0.05, 0) is 55.6 Å². The van der Waals surface area contributed by atoms with Gasteiger partial charge in [0, 0.05) is 38.2 Å². The minimum atomic E-state index is 0.261. The van der Waals surface area contributed by atoms with Crippen LogP contribution >= 0.6 is 0 Å². The molecule has 1 aliphatic carbocycles. The largest absolute Gasteiger partial charge is 0.492 e. The molecule has 5 heteroatoms. The van der Waals surface area contributed by atoms with Crippen LogP contribution in [0, 0.1) is 17.3 Å². The Labute approximate surface area is 149 Å². The number of hydrogen-bond acceptors (Lipinski definition) is 4. The summed E-state index contributed by atoms with van der Waals surface area (Å²) in [7, 11) is 0. The molecule has 1 atom stereocenters. The van der Waals surface area contributed by atoms with E-state index in [2.05, 4.69) is 9.88 Å². The molecule has 1 saturated carbocycles. The van der Waals surface area contributed by atoms with Gasteiger partial charge in [0.15, 0.2) is 0 Å². The van der Waals surface area contributed by atoms with E-state index in [9.17, 15) is 4.79 Å². The summed E-state index contributed by atoms with van der Waals surface area (Å²) >= 11 is 0. The first-order valence-corrected chi connectivity index (χ1v) is 9.63. The van der Waals surface area contributed by atoms with Crippen LogP contribution in [0.1, 0.15) is 38.5 Å². The second-order valence-electron chi connectivity index (χ2n) is 7.91. The summed E-state index contributed by atoms with van der Waals surface area (Å²) < 4.78 is 11.7. The van der Waals surface area contributed by atoms with Gasteiger partial charge in [-0.15, -0.1) is 0 Å². The number of amides is 1. The SMILES string of the molecule is O=C(CC1CC1)N1CCC2(CCOC[C@@H]2COc2cccnc2)CC1. The fraction of sp³-hybridized carbons (Fsp3) is 0.700. The maximum atomic E-state index is 12.4. The molecule has 4 rings (SSSR count). The van der Waals surface area contributed by atoms with Crippen LogP contribution in [0.3, 0.4) is 0 Å². The first-order valence-electron chi connectivity index (χ1n) is 9.63. The van der Waals surface area contributed by atoms with Gasteiger partial charge < -0.3 is 14.4 Å². The zero-order valence-electron chi connectivity index (χ0n) is 14.9. The minimum Gasteiger partial charge on any atom is -0.492 e. The van der Waals surface area contributed by atoms with Crippen molar-refractivity contribution < 1.29 is 14.3 Å². The highest BCUT2D eigenvalue weighted by molar-refractivity contribution is 5.76. The van der Waals surface area contributed by atoms with Crippen LogP contribution in [0.2, 0.25) is 0 Å². The molecule has 5 nitrogen and oxygen atoms in total. The van der Waals surface area contributed by atoms with Gasteiger partial charge in [-0.3, -0.25) is 9.78 Å². The average Bonchev–Trinajstić information content (AvgIpc) is 3.46. The van der Waals surface area contributed by atoms with Crippen molar-refractivity contribution in [3.05, 3.63) is 24.5 Å². The number of rotatable bonds is 5. The maximum absolute atomic E-state index is 12.4. The highest BCUT2D eigenvalue weighted by atomic mass is 16.5. The predicted molar refractivity (Wildman–Crippen MR) is 94.2 cm³/mol. The smallest absolute Gasteiger partial charge is 0.222 e. The monoisotopic (exact) mass is 344 g/mol. The van der Waals surface area contributed by atoms with Gasteiger partial charge in [-0.25, -0.2) is 0 Å². The van der Waals surface area contributed by atoms with Crippen LogP contribution in [-0.2, 0) is 9.53 Å². The van der Waals surface area contributed by atoms with Crippen LogP contribution in [0.5, 0.6) is 5.75 Å². The fourth-order valence-corrected chi connectivity index (χ4v) is 4.29. The van der Waals surface area contributed by atoms with Crippen LogP contribution < -0.4 is 4.74 Å². The first-order chi connectivity index (χ1) is 12.3. The summed E-state index contributed by atoms with van der Waals surface area (Å²) in [5.41, 5.74) is 0.261. The van der Waals surface area contributed by atoms with E-state index < -0.39 is 0 Å². The van der Waals surface area contributed by atoms with Crippen molar-refractivity contribution in [3.8, 4) is 5.75 Å². The Balaban J connectivity index is 1.34. The molecular formula is C20H28N2O3. The van der Waals surface area contributed by atoms with E-state index in [1.54, 1.807) is 12.4 Å². The van der Waals surface area contributed by atoms with Crippen molar-refractivity contribution >= 4 is 5.91 Å². The third-order valence-corrected chi connectivity index (χ3v) is 6.29. The summed E-state index contributed by atoms with van der Waals surface area (Å²) in [5, 5.41) is 0. The molecule has 2 aliphatic heterocycles. The van der Waals surface area contributed by atoms with Gasteiger partial charge >= 0.3 is 0 Å². The van der Waals surface area contributed by atoms with Crippen molar-refractivity contribution in [2.24, 2.45) is 17.3 Å². The molecule has 2 saturated heterocycles. The minimum absolute atomic E-state index is 0.261. The normalized spacial score (nSPS) is 25.8. The van der Waals surface area contributed by atoms with E-state index in [4.69, 9.17) is 9.47 Å². The number of piperidine rings is 1. The lowest BCUT2D eigenvalue weighted by Crippen LogP contribution is -2.51. The number of likely N-dealkylation sites (tertiary alicyclic amines) is 1. The third kappa shape index (κ3) is 3.97. The molecule has 0 radical (unpaired) electrons. The Hall–Kier alpha value is -1.62. The third-order valence-electron chi connectivity index (χ3n) is 6.29. The van der Waals surface area contributed by atoms with Crippen molar-refractivity contribution in [3.63, 3.8) is 0 Å². The Bertz CT molecular complexity index is 580.